The van der Waals surface area contributed by atoms with E-state index in [2.05, 4.69) is 0 Å². The summed E-state index contributed by atoms with van der Waals surface area (Å²) in [5.74, 6) is -1.64. The number of hydrogen-bond acceptors (Lipinski definition) is 4. The molecule has 0 aliphatic carbocycles. The van der Waals surface area contributed by atoms with E-state index in [9.17, 15) is 9.90 Å². The summed E-state index contributed by atoms with van der Waals surface area (Å²) in [7, 11) is 0. The quantitative estimate of drug-likeness (QED) is 0.674. The lowest BCUT2D eigenvalue weighted by atomic mass is 9.99. The maximum absolute atomic E-state index is 10.8. The first-order valence-corrected chi connectivity index (χ1v) is 5.62. The molecule has 0 fully saturated rings. The van der Waals surface area contributed by atoms with Crippen LogP contribution < -0.4 is 5.73 Å². The number of carboxylic acids is 1. The SMILES string of the molecule is CSc1ccc(C(CN)C(=O)O)cc1O. The molecule has 1 aromatic carbocycles. The number of aromatic hydroxyl groups is 1. The first kappa shape index (κ1) is 11.9. The molecule has 0 saturated heterocycles. The summed E-state index contributed by atoms with van der Waals surface area (Å²) in [4.78, 5) is 11.6. The van der Waals surface area contributed by atoms with Crippen LogP contribution in [-0.2, 0) is 4.79 Å². The normalized spacial score (nSPS) is 12.4. The van der Waals surface area contributed by atoms with Crippen molar-refractivity contribution in [2.45, 2.75) is 10.8 Å². The van der Waals surface area contributed by atoms with Crippen molar-refractivity contribution >= 4 is 17.7 Å². The first-order valence-electron chi connectivity index (χ1n) is 4.40. The minimum Gasteiger partial charge on any atom is -0.507 e. The zero-order valence-electron chi connectivity index (χ0n) is 8.30. The summed E-state index contributed by atoms with van der Waals surface area (Å²) in [5.41, 5.74) is 5.89. The minimum atomic E-state index is -0.978. The van der Waals surface area contributed by atoms with Crippen LogP contribution in [0.2, 0.25) is 0 Å². The highest BCUT2D eigenvalue weighted by Gasteiger charge is 2.18. The zero-order valence-corrected chi connectivity index (χ0v) is 9.12. The third-order valence-electron chi connectivity index (χ3n) is 2.14. The van der Waals surface area contributed by atoms with E-state index < -0.39 is 11.9 Å². The average Bonchev–Trinajstić information content (AvgIpc) is 2.18. The molecule has 0 aliphatic rings. The molecule has 1 rings (SSSR count). The highest BCUT2D eigenvalue weighted by Crippen LogP contribution is 2.29. The highest BCUT2D eigenvalue weighted by molar-refractivity contribution is 7.98. The Morgan fingerprint density at radius 3 is 2.67 bits per heavy atom. The van der Waals surface area contributed by atoms with Gasteiger partial charge in [0.05, 0.1) is 5.92 Å². The van der Waals surface area contributed by atoms with Gasteiger partial charge in [-0.2, -0.15) is 0 Å². The molecule has 0 amide bonds. The number of phenolic OH excluding ortho intramolecular Hbond substituents is 1. The van der Waals surface area contributed by atoms with Crippen LogP contribution in [0.5, 0.6) is 5.75 Å². The molecule has 15 heavy (non-hydrogen) atoms. The fourth-order valence-corrected chi connectivity index (χ4v) is 1.78. The summed E-state index contributed by atoms with van der Waals surface area (Å²) in [6.45, 7) is 0.0212. The second kappa shape index (κ2) is 5.04. The van der Waals surface area contributed by atoms with Crippen LogP contribution in [0.25, 0.3) is 0 Å². The Balaban J connectivity index is 3.05. The summed E-state index contributed by atoms with van der Waals surface area (Å²) in [6, 6.07) is 4.83. The van der Waals surface area contributed by atoms with E-state index in [1.165, 1.54) is 17.8 Å². The molecule has 1 aromatic rings. The highest BCUT2D eigenvalue weighted by atomic mass is 32.2. The summed E-state index contributed by atoms with van der Waals surface area (Å²) in [5, 5.41) is 18.4. The number of carbonyl (C=O) groups is 1. The van der Waals surface area contributed by atoms with Gasteiger partial charge in [-0.3, -0.25) is 4.79 Å². The van der Waals surface area contributed by atoms with Crippen LogP contribution in [0.1, 0.15) is 11.5 Å². The summed E-state index contributed by atoms with van der Waals surface area (Å²) in [6.07, 6.45) is 1.84. The van der Waals surface area contributed by atoms with E-state index in [4.69, 9.17) is 10.8 Å². The lowest BCUT2D eigenvalue weighted by Crippen LogP contribution is -2.20. The van der Waals surface area contributed by atoms with Crippen LogP contribution in [0, 0.1) is 0 Å². The summed E-state index contributed by atoms with van der Waals surface area (Å²) >= 11 is 1.40. The number of phenols is 1. The maximum atomic E-state index is 10.8. The molecule has 82 valence electrons. The predicted molar refractivity (Wildman–Crippen MR) is 59.3 cm³/mol. The third-order valence-corrected chi connectivity index (χ3v) is 2.92. The van der Waals surface area contributed by atoms with Crippen molar-refractivity contribution < 1.29 is 15.0 Å². The first-order chi connectivity index (χ1) is 7.10. The number of rotatable bonds is 4. The monoisotopic (exact) mass is 227 g/mol. The average molecular weight is 227 g/mol. The van der Waals surface area contributed by atoms with Crippen molar-refractivity contribution in [1.82, 2.24) is 0 Å². The number of benzene rings is 1. The minimum absolute atomic E-state index is 0.0212. The Kier molecular flexibility index (Phi) is 3.99. The maximum Gasteiger partial charge on any atom is 0.312 e. The van der Waals surface area contributed by atoms with E-state index >= 15 is 0 Å². The van der Waals surface area contributed by atoms with Gasteiger partial charge >= 0.3 is 5.97 Å². The van der Waals surface area contributed by atoms with E-state index in [0.717, 1.165) is 4.90 Å². The molecule has 1 atom stereocenters. The van der Waals surface area contributed by atoms with Gasteiger partial charge in [-0.1, -0.05) is 6.07 Å². The van der Waals surface area contributed by atoms with E-state index in [-0.39, 0.29) is 12.3 Å². The number of thioether (sulfide) groups is 1. The molecular weight excluding hydrogens is 214 g/mol. The van der Waals surface area contributed by atoms with Gasteiger partial charge in [-0.25, -0.2) is 0 Å². The second-order valence-electron chi connectivity index (χ2n) is 3.06. The predicted octanol–water partition coefficient (Wildman–Crippen LogP) is 1.24. The molecule has 0 spiro atoms. The fourth-order valence-electron chi connectivity index (χ4n) is 1.30. The van der Waals surface area contributed by atoms with Gasteiger partial charge < -0.3 is 15.9 Å². The van der Waals surface area contributed by atoms with Gasteiger partial charge in [-0.15, -0.1) is 11.8 Å². The van der Waals surface area contributed by atoms with Crippen LogP contribution >= 0.6 is 11.8 Å². The molecule has 0 aromatic heterocycles. The molecule has 0 radical (unpaired) electrons. The number of nitrogens with two attached hydrogens (primary N) is 1. The Hall–Kier alpha value is -1.20. The molecule has 0 aliphatic heterocycles. The topological polar surface area (TPSA) is 83.6 Å². The third kappa shape index (κ3) is 2.64. The molecule has 5 heteroatoms. The molecule has 4 N–H and O–H groups in total. The molecule has 0 bridgehead atoms. The van der Waals surface area contributed by atoms with Crippen LogP contribution in [-0.4, -0.2) is 29.0 Å². The second-order valence-corrected chi connectivity index (χ2v) is 3.91. The number of carboxylic acid groups (broad SMARTS) is 1. The zero-order chi connectivity index (χ0) is 11.4. The van der Waals surface area contributed by atoms with Crippen LogP contribution in [0.3, 0.4) is 0 Å². The van der Waals surface area contributed by atoms with Gasteiger partial charge in [0, 0.05) is 11.4 Å². The fraction of sp³-hybridized carbons (Fsp3) is 0.300. The van der Waals surface area contributed by atoms with E-state index in [0.29, 0.717) is 5.56 Å². The van der Waals surface area contributed by atoms with Gasteiger partial charge in [-0.05, 0) is 24.0 Å². The Morgan fingerprint density at radius 1 is 1.60 bits per heavy atom. The standard InChI is InChI=1S/C10H13NO3S/c1-15-9-3-2-6(4-8(9)12)7(5-11)10(13)14/h2-4,7,12H,5,11H2,1H3,(H,13,14). The lowest BCUT2D eigenvalue weighted by Gasteiger charge is -2.11. The van der Waals surface area contributed by atoms with Crippen LogP contribution in [0.15, 0.2) is 23.1 Å². The van der Waals surface area contributed by atoms with Crippen LogP contribution in [0.4, 0.5) is 0 Å². The van der Waals surface area contributed by atoms with E-state index in [1.54, 1.807) is 12.1 Å². The van der Waals surface area contributed by atoms with E-state index in [1.807, 2.05) is 6.26 Å². The Morgan fingerprint density at radius 2 is 2.27 bits per heavy atom. The molecule has 0 saturated carbocycles. The number of hydrogen-bond donors (Lipinski definition) is 3. The Labute approximate surface area is 92.1 Å². The Bertz CT molecular complexity index is 368. The molecule has 4 nitrogen and oxygen atoms in total. The molecule has 1 unspecified atom stereocenters. The van der Waals surface area contributed by atoms with Crippen molar-refractivity contribution in [1.29, 1.82) is 0 Å². The van der Waals surface area contributed by atoms with Gasteiger partial charge in [0.1, 0.15) is 5.75 Å². The smallest absolute Gasteiger partial charge is 0.312 e. The van der Waals surface area contributed by atoms with Crippen molar-refractivity contribution in [2.75, 3.05) is 12.8 Å². The largest absolute Gasteiger partial charge is 0.507 e. The van der Waals surface area contributed by atoms with Crippen molar-refractivity contribution in [2.24, 2.45) is 5.73 Å². The van der Waals surface area contributed by atoms with Crippen molar-refractivity contribution in [3.8, 4) is 5.75 Å². The van der Waals surface area contributed by atoms with Gasteiger partial charge in [0.15, 0.2) is 0 Å². The molecule has 0 heterocycles. The number of aliphatic carboxylic acids is 1. The van der Waals surface area contributed by atoms with Crippen molar-refractivity contribution in [3.63, 3.8) is 0 Å². The van der Waals surface area contributed by atoms with Gasteiger partial charge in [0.25, 0.3) is 0 Å². The molecular formula is C10H13NO3S. The van der Waals surface area contributed by atoms with Gasteiger partial charge in [0.2, 0.25) is 0 Å². The summed E-state index contributed by atoms with van der Waals surface area (Å²) < 4.78 is 0. The van der Waals surface area contributed by atoms with Crippen molar-refractivity contribution in [3.05, 3.63) is 23.8 Å². The lowest BCUT2D eigenvalue weighted by molar-refractivity contribution is -0.138.